The molecule has 0 aliphatic rings. The lowest BCUT2D eigenvalue weighted by Gasteiger charge is -2.11. The summed E-state index contributed by atoms with van der Waals surface area (Å²) in [5, 5.41) is 13.7. The summed E-state index contributed by atoms with van der Waals surface area (Å²) in [7, 11) is 0. The zero-order valence-electron chi connectivity index (χ0n) is 14.7. The van der Waals surface area contributed by atoms with Gasteiger partial charge in [0.15, 0.2) is 0 Å². The zero-order valence-corrected chi connectivity index (χ0v) is 16.9. The van der Waals surface area contributed by atoms with Crippen molar-refractivity contribution in [3.8, 4) is 0 Å². The Morgan fingerprint density at radius 3 is 2.70 bits per heavy atom. The Labute approximate surface area is 170 Å². The first-order chi connectivity index (χ1) is 12.9. The number of halogens is 1. The normalized spacial score (nSPS) is 10.3. The van der Waals surface area contributed by atoms with Crippen LogP contribution < -0.4 is 5.32 Å². The summed E-state index contributed by atoms with van der Waals surface area (Å²) in [5.74, 6) is -0.657. The van der Waals surface area contributed by atoms with E-state index in [-0.39, 0.29) is 30.5 Å². The van der Waals surface area contributed by atoms with Gasteiger partial charge in [-0.25, -0.2) is 0 Å². The summed E-state index contributed by atoms with van der Waals surface area (Å²) in [5.41, 5.74) is 1.99. The molecule has 142 valence electrons. The fraction of sp³-hybridized carbons (Fsp3) is 0.263. The van der Waals surface area contributed by atoms with Gasteiger partial charge in [0.25, 0.3) is 11.6 Å². The van der Waals surface area contributed by atoms with Gasteiger partial charge in [-0.15, -0.1) is 0 Å². The van der Waals surface area contributed by atoms with Crippen molar-refractivity contribution in [3.05, 3.63) is 72.8 Å². The van der Waals surface area contributed by atoms with Crippen molar-refractivity contribution < 1.29 is 19.2 Å². The number of carbonyl (C=O) groups excluding carboxylic acids is 2. The number of nitro groups is 1. The number of non-ortho nitro benzene ring substituents is 1. The van der Waals surface area contributed by atoms with Crippen LogP contribution in [0.3, 0.4) is 0 Å². The van der Waals surface area contributed by atoms with Crippen LogP contribution in [0.5, 0.6) is 0 Å². The molecule has 0 aliphatic heterocycles. The molecule has 0 radical (unpaired) electrons. The molecule has 0 saturated carbocycles. The molecule has 0 aliphatic carbocycles. The van der Waals surface area contributed by atoms with Crippen molar-refractivity contribution in [2.75, 3.05) is 13.2 Å². The third kappa shape index (κ3) is 6.31. The van der Waals surface area contributed by atoms with Crippen LogP contribution in [0.1, 0.15) is 34.8 Å². The fourth-order valence-corrected chi connectivity index (χ4v) is 3.01. The second-order valence-corrected chi connectivity index (χ2v) is 6.96. The van der Waals surface area contributed by atoms with Gasteiger partial charge in [0.2, 0.25) is 0 Å². The largest absolute Gasteiger partial charge is 0.466 e. The van der Waals surface area contributed by atoms with Crippen molar-refractivity contribution in [3.63, 3.8) is 0 Å². The molecule has 0 aromatic heterocycles. The maximum atomic E-state index is 12.5. The molecule has 2 rings (SSSR count). The SMILES string of the molecule is CCOC(=O)CCNC(=O)c1cc(I)ccc1Cc1cccc([N+](=O)[O-])c1. The minimum Gasteiger partial charge on any atom is -0.466 e. The molecule has 0 unspecified atom stereocenters. The summed E-state index contributed by atoms with van der Waals surface area (Å²) in [4.78, 5) is 34.4. The van der Waals surface area contributed by atoms with Gasteiger partial charge in [-0.2, -0.15) is 0 Å². The van der Waals surface area contributed by atoms with Gasteiger partial charge < -0.3 is 10.1 Å². The molecule has 1 amide bonds. The molecule has 0 saturated heterocycles. The van der Waals surface area contributed by atoms with Crippen LogP contribution in [0.15, 0.2) is 42.5 Å². The van der Waals surface area contributed by atoms with E-state index < -0.39 is 4.92 Å². The highest BCUT2D eigenvalue weighted by atomic mass is 127. The Hall–Kier alpha value is -2.49. The summed E-state index contributed by atoms with van der Waals surface area (Å²) < 4.78 is 5.73. The highest BCUT2D eigenvalue weighted by molar-refractivity contribution is 14.1. The Bertz CT molecular complexity index is 854. The van der Waals surface area contributed by atoms with Gasteiger partial charge in [-0.05, 0) is 59.2 Å². The van der Waals surface area contributed by atoms with Crippen LogP contribution in [0.4, 0.5) is 5.69 Å². The van der Waals surface area contributed by atoms with Gasteiger partial charge in [0, 0.05) is 27.8 Å². The van der Waals surface area contributed by atoms with Crippen LogP contribution in [-0.4, -0.2) is 30.0 Å². The lowest BCUT2D eigenvalue weighted by Crippen LogP contribution is -2.27. The van der Waals surface area contributed by atoms with Crippen molar-refractivity contribution in [1.29, 1.82) is 0 Å². The van der Waals surface area contributed by atoms with Crippen LogP contribution in [0, 0.1) is 13.7 Å². The summed E-state index contributed by atoms with van der Waals surface area (Å²) >= 11 is 2.12. The number of nitrogens with one attached hydrogen (secondary N) is 1. The lowest BCUT2D eigenvalue weighted by atomic mass is 9.99. The molecule has 8 heteroatoms. The molecular formula is C19H19IN2O5. The van der Waals surface area contributed by atoms with E-state index in [2.05, 4.69) is 27.9 Å². The molecule has 27 heavy (non-hydrogen) atoms. The average Bonchev–Trinajstić information content (AvgIpc) is 2.63. The van der Waals surface area contributed by atoms with Crippen LogP contribution >= 0.6 is 22.6 Å². The number of nitro benzene ring substituents is 1. The number of amides is 1. The first-order valence-corrected chi connectivity index (χ1v) is 9.44. The van der Waals surface area contributed by atoms with E-state index in [1.54, 1.807) is 25.1 Å². The monoisotopic (exact) mass is 482 g/mol. The molecular weight excluding hydrogens is 463 g/mol. The molecule has 0 atom stereocenters. The smallest absolute Gasteiger partial charge is 0.307 e. The fourth-order valence-electron chi connectivity index (χ4n) is 2.52. The number of rotatable bonds is 8. The quantitative estimate of drug-likeness (QED) is 0.269. The molecule has 0 bridgehead atoms. The van der Waals surface area contributed by atoms with E-state index in [1.165, 1.54) is 12.1 Å². The summed E-state index contributed by atoms with van der Waals surface area (Å²) in [6.45, 7) is 2.21. The van der Waals surface area contributed by atoms with E-state index in [0.717, 1.165) is 14.7 Å². The Morgan fingerprint density at radius 1 is 1.22 bits per heavy atom. The lowest BCUT2D eigenvalue weighted by molar-refractivity contribution is -0.384. The standard InChI is InChI=1S/C19H19IN2O5/c1-2-27-18(23)8-9-21-19(24)17-12-15(20)7-6-14(17)10-13-4-3-5-16(11-13)22(25)26/h3-7,11-12H,2,8-10H2,1H3,(H,21,24). The van der Waals surface area contributed by atoms with Crippen LogP contribution in [-0.2, 0) is 16.0 Å². The van der Waals surface area contributed by atoms with E-state index in [0.29, 0.717) is 18.6 Å². The van der Waals surface area contributed by atoms with Crippen molar-refractivity contribution in [1.82, 2.24) is 5.32 Å². The van der Waals surface area contributed by atoms with E-state index in [1.807, 2.05) is 12.1 Å². The summed E-state index contributed by atoms with van der Waals surface area (Å²) in [6, 6.07) is 11.8. The Balaban J connectivity index is 2.14. The zero-order chi connectivity index (χ0) is 19.8. The molecule has 1 N–H and O–H groups in total. The Morgan fingerprint density at radius 2 is 2.00 bits per heavy atom. The average molecular weight is 482 g/mol. The van der Waals surface area contributed by atoms with Gasteiger partial charge in [0.1, 0.15) is 0 Å². The maximum absolute atomic E-state index is 12.5. The second-order valence-electron chi connectivity index (χ2n) is 5.72. The van der Waals surface area contributed by atoms with Crippen molar-refractivity contribution >= 4 is 40.2 Å². The van der Waals surface area contributed by atoms with Crippen molar-refractivity contribution in [2.45, 2.75) is 19.8 Å². The number of benzene rings is 2. The van der Waals surface area contributed by atoms with E-state index >= 15 is 0 Å². The highest BCUT2D eigenvalue weighted by Gasteiger charge is 2.14. The predicted octanol–water partition coefficient (Wildman–Crippen LogP) is 3.47. The minimum absolute atomic E-state index is 0.0125. The Kier molecular flexibility index (Phi) is 7.71. The molecule has 2 aromatic carbocycles. The number of esters is 1. The number of hydrogen-bond donors (Lipinski definition) is 1. The topological polar surface area (TPSA) is 98.5 Å². The van der Waals surface area contributed by atoms with Gasteiger partial charge in [0.05, 0.1) is 18.0 Å². The first-order valence-electron chi connectivity index (χ1n) is 8.36. The van der Waals surface area contributed by atoms with E-state index in [4.69, 9.17) is 4.74 Å². The second kappa shape index (κ2) is 10.0. The number of hydrogen-bond acceptors (Lipinski definition) is 5. The summed E-state index contributed by atoms with van der Waals surface area (Å²) in [6.07, 6.45) is 0.489. The molecule has 2 aromatic rings. The number of carbonyl (C=O) groups is 2. The van der Waals surface area contributed by atoms with Crippen LogP contribution in [0.25, 0.3) is 0 Å². The highest BCUT2D eigenvalue weighted by Crippen LogP contribution is 2.20. The van der Waals surface area contributed by atoms with Gasteiger partial charge in [-0.3, -0.25) is 19.7 Å². The first kappa shape index (κ1) is 20.8. The van der Waals surface area contributed by atoms with Crippen molar-refractivity contribution in [2.24, 2.45) is 0 Å². The van der Waals surface area contributed by atoms with Crippen LogP contribution in [0.2, 0.25) is 0 Å². The molecule has 0 fully saturated rings. The van der Waals surface area contributed by atoms with Gasteiger partial charge in [-0.1, -0.05) is 18.2 Å². The third-order valence-electron chi connectivity index (χ3n) is 3.75. The minimum atomic E-state index is -0.444. The maximum Gasteiger partial charge on any atom is 0.307 e. The number of ether oxygens (including phenoxy) is 1. The molecule has 0 heterocycles. The number of nitrogens with zero attached hydrogens (tertiary/aromatic N) is 1. The molecule has 0 spiro atoms. The third-order valence-corrected chi connectivity index (χ3v) is 4.42. The molecule has 7 nitrogen and oxygen atoms in total. The van der Waals surface area contributed by atoms with Gasteiger partial charge >= 0.3 is 5.97 Å². The predicted molar refractivity (Wildman–Crippen MR) is 109 cm³/mol. The van der Waals surface area contributed by atoms with E-state index in [9.17, 15) is 19.7 Å².